The topological polar surface area (TPSA) is 94.4 Å². The van der Waals surface area contributed by atoms with Crippen LogP contribution in [0.15, 0.2) is 36.5 Å². The Labute approximate surface area is 139 Å². The molecular weight excluding hydrogens is 310 g/mol. The Hall–Kier alpha value is -2.96. The number of benzene rings is 1. The third-order valence-corrected chi connectivity index (χ3v) is 3.21. The van der Waals surface area contributed by atoms with Crippen LogP contribution in [0, 0.1) is 10.1 Å². The van der Waals surface area contributed by atoms with Crippen molar-refractivity contribution in [2.45, 2.75) is 26.8 Å². The fraction of sp³-hybridized carbons (Fsp3) is 0.294. The number of ether oxygens (including phenoxy) is 1. The number of nitrogens with one attached hydrogen (secondary N) is 1. The molecule has 0 saturated heterocycles. The Morgan fingerprint density at radius 1 is 1.33 bits per heavy atom. The van der Waals surface area contributed by atoms with Crippen molar-refractivity contribution in [1.82, 2.24) is 4.98 Å². The maximum atomic E-state index is 12.1. The molecule has 7 nitrogen and oxygen atoms in total. The number of anilines is 1. The fourth-order valence-corrected chi connectivity index (χ4v) is 2.28. The molecule has 126 valence electrons. The highest BCUT2D eigenvalue weighted by molar-refractivity contribution is 6.00. The van der Waals surface area contributed by atoms with Crippen molar-refractivity contribution < 1.29 is 14.5 Å². The molecule has 1 N–H and O–H groups in total. The Morgan fingerprint density at radius 2 is 2.00 bits per heavy atom. The zero-order chi connectivity index (χ0) is 17.7. The normalized spacial score (nSPS) is 10.5. The first-order valence-corrected chi connectivity index (χ1v) is 7.62. The van der Waals surface area contributed by atoms with Crippen LogP contribution in [-0.2, 0) is 4.74 Å². The zero-order valence-corrected chi connectivity index (χ0v) is 13.8. The van der Waals surface area contributed by atoms with E-state index in [-0.39, 0.29) is 35.3 Å². The Kier molecular flexibility index (Phi) is 5.47. The van der Waals surface area contributed by atoms with Gasteiger partial charge in [0.2, 0.25) is 0 Å². The SMILES string of the molecule is CCOC(=O)c1cnc(-c2ccccc2)c([N+](=O)[O-])c1NC(C)C. The molecule has 0 spiro atoms. The molecule has 7 heteroatoms. The average molecular weight is 329 g/mol. The van der Waals surface area contributed by atoms with Crippen molar-refractivity contribution in [1.29, 1.82) is 0 Å². The Balaban J connectivity index is 2.71. The van der Waals surface area contributed by atoms with Gasteiger partial charge in [-0.1, -0.05) is 30.3 Å². The van der Waals surface area contributed by atoms with Gasteiger partial charge in [0, 0.05) is 17.8 Å². The van der Waals surface area contributed by atoms with Crippen molar-refractivity contribution >= 4 is 17.3 Å². The number of pyridine rings is 1. The zero-order valence-electron chi connectivity index (χ0n) is 13.8. The van der Waals surface area contributed by atoms with Gasteiger partial charge in [0.1, 0.15) is 16.9 Å². The summed E-state index contributed by atoms with van der Waals surface area (Å²) in [4.78, 5) is 27.5. The highest BCUT2D eigenvalue weighted by atomic mass is 16.6. The average Bonchev–Trinajstić information content (AvgIpc) is 2.54. The van der Waals surface area contributed by atoms with E-state index in [1.807, 2.05) is 19.9 Å². The van der Waals surface area contributed by atoms with E-state index < -0.39 is 10.9 Å². The van der Waals surface area contributed by atoms with E-state index in [4.69, 9.17) is 4.74 Å². The molecule has 24 heavy (non-hydrogen) atoms. The van der Waals surface area contributed by atoms with Crippen LogP contribution in [0.25, 0.3) is 11.3 Å². The van der Waals surface area contributed by atoms with E-state index in [0.29, 0.717) is 5.56 Å². The maximum absolute atomic E-state index is 12.1. The standard InChI is InChI=1S/C17H19N3O4/c1-4-24-17(21)13-10-18-14(12-8-6-5-7-9-12)16(20(22)23)15(13)19-11(2)3/h5-11H,4H2,1-3H3,(H,18,19). The number of aromatic nitrogens is 1. The lowest BCUT2D eigenvalue weighted by Gasteiger charge is -2.16. The van der Waals surface area contributed by atoms with Crippen LogP contribution in [0.5, 0.6) is 0 Å². The second-order valence-corrected chi connectivity index (χ2v) is 5.39. The minimum Gasteiger partial charge on any atom is -0.462 e. The predicted octanol–water partition coefficient (Wildman–Crippen LogP) is 3.65. The van der Waals surface area contributed by atoms with Crippen LogP contribution >= 0.6 is 0 Å². The third-order valence-electron chi connectivity index (χ3n) is 3.21. The minimum absolute atomic E-state index is 0.0527. The number of rotatable bonds is 6. The lowest BCUT2D eigenvalue weighted by Crippen LogP contribution is -2.17. The van der Waals surface area contributed by atoms with E-state index in [1.54, 1.807) is 31.2 Å². The molecule has 2 aromatic rings. The van der Waals surface area contributed by atoms with Gasteiger partial charge in [-0.25, -0.2) is 9.78 Å². The third kappa shape index (κ3) is 3.68. The van der Waals surface area contributed by atoms with Crippen molar-refractivity contribution in [3.8, 4) is 11.3 Å². The summed E-state index contributed by atoms with van der Waals surface area (Å²) in [5.74, 6) is -0.643. The number of carbonyl (C=O) groups is 1. The second kappa shape index (κ2) is 7.54. The van der Waals surface area contributed by atoms with E-state index in [1.165, 1.54) is 6.20 Å². The molecule has 1 aromatic carbocycles. The molecule has 0 atom stereocenters. The largest absolute Gasteiger partial charge is 0.462 e. The summed E-state index contributed by atoms with van der Waals surface area (Å²) in [5, 5.41) is 14.7. The second-order valence-electron chi connectivity index (χ2n) is 5.39. The molecule has 0 aliphatic carbocycles. The van der Waals surface area contributed by atoms with Crippen molar-refractivity contribution in [3.63, 3.8) is 0 Å². The summed E-state index contributed by atoms with van der Waals surface area (Å²) >= 11 is 0. The molecule has 1 aromatic heterocycles. The Bertz CT molecular complexity index is 745. The quantitative estimate of drug-likeness (QED) is 0.494. The summed E-state index contributed by atoms with van der Waals surface area (Å²) in [6, 6.07) is 8.72. The first-order valence-electron chi connectivity index (χ1n) is 7.62. The monoisotopic (exact) mass is 329 g/mol. The molecule has 0 aliphatic rings. The van der Waals surface area contributed by atoms with Gasteiger partial charge >= 0.3 is 11.7 Å². The first-order chi connectivity index (χ1) is 11.5. The van der Waals surface area contributed by atoms with Crippen LogP contribution in [0.3, 0.4) is 0 Å². The summed E-state index contributed by atoms with van der Waals surface area (Å²) in [5.41, 5.74) is 0.753. The number of carbonyl (C=O) groups excluding carboxylic acids is 1. The van der Waals surface area contributed by atoms with Crippen LogP contribution in [0.4, 0.5) is 11.4 Å². The molecule has 1 heterocycles. The predicted molar refractivity (Wildman–Crippen MR) is 91.0 cm³/mol. The molecule has 2 rings (SSSR count). The lowest BCUT2D eigenvalue weighted by molar-refractivity contribution is -0.383. The van der Waals surface area contributed by atoms with Crippen LogP contribution in [-0.4, -0.2) is 28.5 Å². The number of nitro groups is 1. The van der Waals surface area contributed by atoms with E-state index in [0.717, 1.165) is 0 Å². The molecular formula is C17H19N3O4. The summed E-state index contributed by atoms with van der Waals surface area (Å²) in [6.45, 7) is 5.52. The summed E-state index contributed by atoms with van der Waals surface area (Å²) in [6.07, 6.45) is 1.32. The van der Waals surface area contributed by atoms with Crippen LogP contribution in [0.1, 0.15) is 31.1 Å². The van der Waals surface area contributed by atoms with Gasteiger partial charge in [0.05, 0.1) is 11.5 Å². The molecule has 0 amide bonds. The van der Waals surface area contributed by atoms with E-state index in [9.17, 15) is 14.9 Å². The molecule has 0 radical (unpaired) electrons. The summed E-state index contributed by atoms with van der Waals surface area (Å²) < 4.78 is 4.99. The molecule has 0 aliphatic heterocycles. The van der Waals surface area contributed by atoms with E-state index in [2.05, 4.69) is 10.3 Å². The molecule has 0 unspecified atom stereocenters. The highest BCUT2D eigenvalue weighted by Gasteiger charge is 2.29. The fourth-order valence-electron chi connectivity index (χ4n) is 2.28. The molecule has 0 saturated carbocycles. The van der Waals surface area contributed by atoms with Crippen LogP contribution in [0.2, 0.25) is 0 Å². The number of nitrogens with zero attached hydrogens (tertiary/aromatic N) is 2. The molecule has 0 bridgehead atoms. The van der Waals surface area contributed by atoms with Crippen molar-refractivity contribution in [2.75, 3.05) is 11.9 Å². The maximum Gasteiger partial charge on any atom is 0.342 e. The van der Waals surface area contributed by atoms with Crippen LogP contribution < -0.4 is 5.32 Å². The Morgan fingerprint density at radius 3 is 2.54 bits per heavy atom. The smallest absolute Gasteiger partial charge is 0.342 e. The van der Waals surface area contributed by atoms with Gasteiger partial charge < -0.3 is 10.1 Å². The van der Waals surface area contributed by atoms with Gasteiger partial charge in [-0.3, -0.25) is 10.1 Å². The van der Waals surface area contributed by atoms with Gasteiger partial charge in [0.15, 0.2) is 0 Å². The van der Waals surface area contributed by atoms with Gasteiger partial charge in [-0.05, 0) is 20.8 Å². The van der Waals surface area contributed by atoms with E-state index >= 15 is 0 Å². The highest BCUT2D eigenvalue weighted by Crippen LogP contribution is 2.37. The first kappa shape index (κ1) is 17.4. The summed E-state index contributed by atoms with van der Waals surface area (Å²) in [7, 11) is 0. The van der Waals surface area contributed by atoms with Crippen molar-refractivity contribution in [3.05, 3.63) is 52.2 Å². The van der Waals surface area contributed by atoms with Gasteiger partial charge in [-0.15, -0.1) is 0 Å². The number of hydrogen-bond donors (Lipinski definition) is 1. The van der Waals surface area contributed by atoms with Crippen molar-refractivity contribution in [2.24, 2.45) is 0 Å². The van der Waals surface area contributed by atoms with Gasteiger partial charge in [0.25, 0.3) is 0 Å². The number of hydrogen-bond acceptors (Lipinski definition) is 6. The minimum atomic E-state index is -0.643. The lowest BCUT2D eigenvalue weighted by atomic mass is 10.1. The van der Waals surface area contributed by atoms with Gasteiger partial charge in [-0.2, -0.15) is 0 Å². The molecule has 0 fully saturated rings. The number of esters is 1.